The highest BCUT2D eigenvalue weighted by Gasteiger charge is 2.39. The minimum absolute atomic E-state index is 0.000192. The Morgan fingerprint density at radius 1 is 1.14 bits per heavy atom. The lowest BCUT2D eigenvalue weighted by atomic mass is 9.61. The van der Waals surface area contributed by atoms with Gasteiger partial charge in [0.25, 0.3) is 9.84 Å². The molecule has 0 amide bonds. The summed E-state index contributed by atoms with van der Waals surface area (Å²) >= 11 is 0. The molecule has 234 valence electrons. The van der Waals surface area contributed by atoms with Gasteiger partial charge in [0.05, 0.1) is 36.1 Å². The maximum Gasteiger partial charge on any atom is 0.414 e. The maximum absolute atomic E-state index is 12.8. The largest absolute Gasteiger partial charge is 0.466 e. The highest BCUT2D eigenvalue weighted by Crippen LogP contribution is 2.48. The number of esters is 2. The highest BCUT2D eigenvalue weighted by molar-refractivity contribution is 7.91. The second-order valence-corrected chi connectivity index (χ2v) is 12.9. The summed E-state index contributed by atoms with van der Waals surface area (Å²) in [6.45, 7) is 16.7. The molecule has 0 bridgehead atoms. The van der Waals surface area contributed by atoms with Gasteiger partial charge < -0.3 is 19.4 Å². The van der Waals surface area contributed by atoms with Gasteiger partial charge in [0.2, 0.25) is 0 Å². The first-order valence-electron chi connectivity index (χ1n) is 14.2. The Kier molecular flexibility index (Phi) is 11.7. The van der Waals surface area contributed by atoms with Crippen LogP contribution in [0.1, 0.15) is 58.8 Å². The van der Waals surface area contributed by atoms with Gasteiger partial charge in [0.15, 0.2) is 0 Å². The van der Waals surface area contributed by atoms with Crippen LogP contribution in [0.25, 0.3) is 0 Å². The number of allylic oxidation sites excluding steroid dienone is 2. The molecule has 1 aliphatic carbocycles. The number of ether oxygens (including phenoxy) is 3. The fourth-order valence-corrected chi connectivity index (χ4v) is 6.44. The van der Waals surface area contributed by atoms with Gasteiger partial charge in [0.1, 0.15) is 6.61 Å². The molecule has 3 rings (SSSR count). The Morgan fingerprint density at radius 3 is 2.44 bits per heavy atom. The van der Waals surface area contributed by atoms with E-state index >= 15 is 0 Å². The summed E-state index contributed by atoms with van der Waals surface area (Å²) in [5.74, 6) is -0.984. The number of hydrogen-bond donors (Lipinski definition) is 0. The molecule has 1 heterocycles. The summed E-state index contributed by atoms with van der Waals surface area (Å²) in [5, 5.41) is 14.6. The summed E-state index contributed by atoms with van der Waals surface area (Å²) < 4.78 is 45.8. The van der Waals surface area contributed by atoms with E-state index in [0.29, 0.717) is 12.8 Å². The average Bonchev–Trinajstić information content (AvgIpc) is 3.37. The maximum atomic E-state index is 12.8. The lowest BCUT2D eigenvalue weighted by Crippen LogP contribution is -2.34. The smallest absolute Gasteiger partial charge is 0.414 e. The molecule has 1 aliphatic rings. The van der Waals surface area contributed by atoms with Crippen LogP contribution in [0.4, 0.5) is 0 Å². The Hall–Kier alpha value is -3.93. The number of benzene rings is 1. The van der Waals surface area contributed by atoms with Crippen molar-refractivity contribution in [1.82, 2.24) is 5.16 Å². The van der Waals surface area contributed by atoms with E-state index in [1.165, 1.54) is 24.3 Å². The van der Waals surface area contributed by atoms with E-state index in [2.05, 4.69) is 36.4 Å². The summed E-state index contributed by atoms with van der Waals surface area (Å²) in [6.07, 6.45) is 5.32. The average molecular weight is 617 g/mol. The summed E-state index contributed by atoms with van der Waals surface area (Å²) in [5.41, 5.74) is 1.97. The van der Waals surface area contributed by atoms with Gasteiger partial charge in [-0.25, -0.2) is 8.42 Å². The predicted octanol–water partition coefficient (Wildman–Crippen LogP) is 4.91. The van der Waals surface area contributed by atoms with Crippen molar-refractivity contribution in [3.63, 3.8) is 0 Å². The van der Waals surface area contributed by atoms with Crippen LogP contribution >= 0.6 is 0 Å². The molecule has 2 aromatic rings. The van der Waals surface area contributed by atoms with E-state index in [4.69, 9.17) is 14.2 Å². The van der Waals surface area contributed by atoms with Crippen molar-refractivity contribution in [1.29, 1.82) is 0 Å². The number of rotatable bonds is 16. The standard InChI is InChI=1S/C31H40N2O9S/c1-6-31(5)17-16-24(20-26(31)22(2)3)23(4)21-41-28(35)15-14-27(34)39-18-10-11-19-40-29-30(33(36)42-32-29)43(37,38)25-12-8-7-9-13-25/h6-9,12-13,24,26H,1-2,4,10-11,14-21H2,3,5H3/t24-,26+,31-/m1/s1. The second kappa shape index (κ2) is 15.0. The lowest BCUT2D eigenvalue weighted by molar-refractivity contribution is -0.832. The molecule has 1 fully saturated rings. The Labute approximate surface area is 252 Å². The van der Waals surface area contributed by atoms with Gasteiger partial charge in [-0.1, -0.05) is 49.9 Å². The number of unbranched alkanes of at least 4 members (excludes halogenated alkanes) is 1. The van der Waals surface area contributed by atoms with Crippen LogP contribution in [0.15, 0.2) is 81.8 Å². The molecule has 11 nitrogen and oxygen atoms in total. The molecule has 1 saturated carbocycles. The molecule has 0 radical (unpaired) electrons. The quantitative estimate of drug-likeness (QED) is 0.110. The fourth-order valence-electron chi connectivity index (χ4n) is 5.15. The van der Waals surface area contributed by atoms with Crippen LogP contribution in [0, 0.1) is 22.5 Å². The van der Waals surface area contributed by atoms with Crippen molar-refractivity contribution >= 4 is 21.8 Å². The number of sulfone groups is 1. The third kappa shape index (κ3) is 8.79. The van der Waals surface area contributed by atoms with Crippen LogP contribution < -0.4 is 9.64 Å². The monoisotopic (exact) mass is 616 g/mol. The molecule has 43 heavy (non-hydrogen) atoms. The highest BCUT2D eigenvalue weighted by atomic mass is 32.2. The molecule has 0 unspecified atom stereocenters. The first-order valence-corrected chi connectivity index (χ1v) is 15.7. The molecule has 1 aromatic carbocycles. The van der Waals surface area contributed by atoms with Crippen molar-refractivity contribution in [3.8, 4) is 5.88 Å². The Balaban J connectivity index is 1.32. The van der Waals surface area contributed by atoms with Crippen molar-refractivity contribution in [2.75, 3.05) is 19.8 Å². The molecule has 1 aromatic heterocycles. The number of nitrogens with zero attached hydrogens (tertiary/aromatic N) is 2. The predicted molar refractivity (Wildman–Crippen MR) is 156 cm³/mol. The zero-order valence-electron chi connectivity index (χ0n) is 24.8. The minimum atomic E-state index is -4.20. The summed E-state index contributed by atoms with van der Waals surface area (Å²) in [4.78, 5) is 23.9. The zero-order chi connectivity index (χ0) is 31.6. The lowest BCUT2D eigenvalue weighted by Gasteiger charge is -2.43. The molecule has 3 atom stereocenters. The number of hydrogen-bond acceptors (Lipinski definition) is 10. The van der Waals surface area contributed by atoms with Crippen LogP contribution in [0.5, 0.6) is 5.88 Å². The van der Waals surface area contributed by atoms with Crippen LogP contribution in [-0.2, 0) is 28.9 Å². The minimum Gasteiger partial charge on any atom is -0.466 e. The van der Waals surface area contributed by atoms with Gasteiger partial charge in [-0.3, -0.25) is 14.2 Å². The van der Waals surface area contributed by atoms with E-state index in [9.17, 15) is 23.2 Å². The number of carbonyl (C=O) groups is 2. The van der Waals surface area contributed by atoms with E-state index in [1.54, 1.807) is 6.07 Å². The second-order valence-electron chi connectivity index (χ2n) is 11.0. The molecule has 0 spiro atoms. The first-order chi connectivity index (χ1) is 20.4. The summed E-state index contributed by atoms with van der Waals surface area (Å²) in [7, 11) is -4.20. The molecular weight excluding hydrogens is 576 g/mol. The third-order valence-corrected chi connectivity index (χ3v) is 9.56. The van der Waals surface area contributed by atoms with Crippen molar-refractivity contribution in [2.24, 2.45) is 17.3 Å². The normalized spacial score (nSPS) is 20.1. The van der Waals surface area contributed by atoms with Gasteiger partial charge in [0, 0.05) is 0 Å². The molecule has 0 saturated heterocycles. The van der Waals surface area contributed by atoms with Crippen LogP contribution in [0.2, 0.25) is 0 Å². The molecular formula is C31H40N2O9S. The van der Waals surface area contributed by atoms with E-state index in [1.807, 2.05) is 13.0 Å². The Bertz CT molecular complexity index is 1420. The van der Waals surface area contributed by atoms with Gasteiger partial charge >= 0.3 is 22.8 Å². The summed E-state index contributed by atoms with van der Waals surface area (Å²) in [6, 6.07) is 7.36. The van der Waals surface area contributed by atoms with Crippen LogP contribution in [-0.4, -0.2) is 45.3 Å². The first kappa shape index (κ1) is 33.6. The van der Waals surface area contributed by atoms with Crippen molar-refractivity contribution in [3.05, 3.63) is 72.5 Å². The zero-order valence-corrected chi connectivity index (χ0v) is 25.6. The van der Waals surface area contributed by atoms with Crippen molar-refractivity contribution in [2.45, 2.75) is 68.7 Å². The fraction of sp³-hybridized carbons (Fsp3) is 0.484. The molecule has 0 N–H and O–H groups in total. The van der Waals surface area contributed by atoms with Gasteiger partial charge in [-0.05, 0) is 78.9 Å². The topological polar surface area (TPSA) is 149 Å². The van der Waals surface area contributed by atoms with Gasteiger partial charge in [-0.2, -0.15) is 0 Å². The van der Waals surface area contributed by atoms with E-state index < -0.39 is 32.7 Å². The molecule has 12 heteroatoms. The number of aromatic nitrogens is 2. The van der Waals surface area contributed by atoms with Gasteiger partial charge in [-0.15, -0.1) is 6.58 Å². The van der Waals surface area contributed by atoms with E-state index in [-0.39, 0.29) is 59.7 Å². The third-order valence-electron chi connectivity index (χ3n) is 7.83. The van der Waals surface area contributed by atoms with Crippen LogP contribution in [0.3, 0.4) is 0 Å². The Morgan fingerprint density at radius 2 is 1.79 bits per heavy atom. The van der Waals surface area contributed by atoms with E-state index in [0.717, 1.165) is 30.4 Å². The SMILES string of the molecule is C=C[C@]1(C)CC[C@@H](C(=C)COC(=O)CCC(=O)OCCCCOc2no[n+]([O-])c2S(=O)(=O)c2ccccc2)C[C@H]1C(=C)C. The molecule has 0 aliphatic heterocycles. The van der Waals surface area contributed by atoms with Crippen molar-refractivity contribution < 1.29 is 41.7 Å². The number of carbonyl (C=O) groups excluding carboxylic acids is 2.